The van der Waals surface area contributed by atoms with Gasteiger partial charge in [-0.3, -0.25) is 0 Å². The minimum atomic E-state index is -0.317. The van der Waals surface area contributed by atoms with Gasteiger partial charge in [0.25, 0.3) is 0 Å². The second kappa shape index (κ2) is 7.41. The number of aliphatic hydroxyl groups excluding tert-OH is 1. The number of rotatable bonds is 7. The molecular weight excluding hydrogens is 217 g/mol. The Bertz CT molecular complexity index is 330. The Morgan fingerprint density at radius 2 is 2.12 bits per heavy atom. The van der Waals surface area contributed by atoms with Gasteiger partial charge in [0, 0.05) is 12.6 Å². The van der Waals surface area contributed by atoms with Gasteiger partial charge >= 0.3 is 0 Å². The molecular formula is C14H22FNO. The highest BCUT2D eigenvalue weighted by atomic mass is 19.1. The van der Waals surface area contributed by atoms with Crippen molar-refractivity contribution in [3.8, 4) is 0 Å². The molecule has 1 aromatic carbocycles. The van der Waals surface area contributed by atoms with E-state index in [1.807, 2.05) is 13.0 Å². The first-order valence-electron chi connectivity index (χ1n) is 6.34. The number of halogens is 1. The fourth-order valence-corrected chi connectivity index (χ4v) is 1.93. The Hall–Kier alpha value is -0.930. The van der Waals surface area contributed by atoms with Crippen LogP contribution in [0.15, 0.2) is 24.3 Å². The van der Waals surface area contributed by atoms with Gasteiger partial charge in [-0.1, -0.05) is 32.4 Å². The van der Waals surface area contributed by atoms with Crippen molar-refractivity contribution in [3.63, 3.8) is 0 Å². The van der Waals surface area contributed by atoms with Gasteiger partial charge in [0.15, 0.2) is 0 Å². The summed E-state index contributed by atoms with van der Waals surface area (Å²) < 4.78 is 13.1. The van der Waals surface area contributed by atoms with Crippen LogP contribution in [0.4, 0.5) is 4.39 Å². The molecule has 0 saturated heterocycles. The fraction of sp³-hybridized carbons (Fsp3) is 0.571. The molecule has 0 aliphatic heterocycles. The van der Waals surface area contributed by atoms with Crippen molar-refractivity contribution < 1.29 is 9.50 Å². The number of hydrogen-bond donors (Lipinski definition) is 2. The number of benzene rings is 1. The second-order valence-electron chi connectivity index (χ2n) is 4.37. The average Bonchev–Trinajstić information content (AvgIpc) is 2.30. The SMILES string of the molecule is CCCC(O)CNC(CC)c1cccc(F)c1. The minimum Gasteiger partial charge on any atom is -0.392 e. The van der Waals surface area contributed by atoms with Gasteiger partial charge in [-0.25, -0.2) is 4.39 Å². The van der Waals surface area contributed by atoms with Crippen molar-refractivity contribution in [2.24, 2.45) is 0 Å². The molecule has 0 saturated carbocycles. The van der Waals surface area contributed by atoms with Crippen molar-refractivity contribution in [3.05, 3.63) is 35.6 Å². The summed E-state index contributed by atoms with van der Waals surface area (Å²) in [6, 6.07) is 6.74. The number of aliphatic hydroxyl groups is 1. The van der Waals surface area contributed by atoms with Crippen LogP contribution in [0.5, 0.6) is 0 Å². The average molecular weight is 239 g/mol. The van der Waals surface area contributed by atoms with Crippen LogP contribution >= 0.6 is 0 Å². The molecule has 1 rings (SSSR count). The molecule has 0 aromatic heterocycles. The fourth-order valence-electron chi connectivity index (χ4n) is 1.93. The van der Waals surface area contributed by atoms with E-state index in [4.69, 9.17) is 0 Å². The molecule has 0 aliphatic carbocycles. The van der Waals surface area contributed by atoms with E-state index in [-0.39, 0.29) is 18.0 Å². The van der Waals surface area contributed by atoms with Gasteiger partial charge in [0.05, 0.1) is 6.10 Å². The molecule has 2 atom stereocenters. The maximum absolute atomic E-state index is 13.1. The van der Waals surface area contributed by atoms with Crippen LogP contribution in [-0.2, 0) is 0 Å². The predicted molar refractivity (Wildman–Crippen MR) is 68.3 cm³/mol. The molecule has 3 heteroatoms. The molecule has 2 nitrogen and oxygen atoms in total. The topological polar surface area (TPSA) is 32.3 Å². The van der Waals surface area contributed by atoms with E-state index < -0.39 is 0 Å². The molecule has 96 valence electrons. The summed E-state index contributed by atoms with van der Waals surface area (Å²) in [6.45, 7) is 4.66. The zero-order chi connectivity index (χ0) is 12.7. The van der Waals surface area contributed by atoms with Gasteiger partial charge in [0.2, 0.25) is 0 Å². The molecule has 0 bridgehead atoms. The molecule has 0 aliphatic rings. The first kappa shape index (κ1) is 14.1. The third-order valence-corrected chi connectivity index (χ3v) is 2.88. The standard InChI is InChI=1S/C14H22FNO/c1-3-6-13(17)10-16-14(4-2)11-7-5-8-12(15)9-11/h5,7-9,13-14,16-17H,3-4,6,10H2,1-2H3. The summed E-state index contributed by atoms with van der Waals surface area (Å²) in [5.41, 5.74) is 0.941. The van der Waals surface area contributed by atoms with E-state index in [1.54, 1.807) is 12.1 Å². The van der Waals surface area contributed by atoms with Crippen LogP contribution in [0.25, 0.3) is 0 Å². The molecule has 0 heterocycles. The van der Waals surface area contributed by atoms with Gasteiger partial charge in [-0.15, -0.1) is 0 Å². The highest BCUT2D eigenvalue weighted by molar-refractivity contribution is 5.20. The first-order chi connectivity index (χ1) is 8.17. The van der Waals surface area contributed by atoms with Crippen molar-refractivity contribution in [1.82, 2.24) is 5.32 Å². The molecule has 0 radical (unpaired) electrons. The molecule has 17 heavy (non-hydrogen) atoms. The summed E-state index contributed by atoms with van der Waals surface area (Å²) in [5, 5.41) is 12.9. The first-order valence-corrected chi connectivity index (χ1v) is 6.34. The van der Waals surface area contributed by atoms with Crippen LogP contribution in [0.2, 0.25) is 0 Å². The van der Waals surface area contributed by atoms with E-state index in [9.17, 15) is 9.50 Å². The van der Waals surface area contributed by atoms with Gasteiger partial charge in [-0.05, 0) is 30.5 Å². The smallest absolute Gasteiger partial charge is 0.123 e. The summed E-state index contributed by atoms with van der Waals surface area (Å²) in [6.07, 6.45) is 2.33. The maximum Gasteiger partial charge on any atom is 0.123 e. The molecule has 0 amide bonds. The normalized spacial score (nSPS) is 14.6. The lowest BCUT2D eigenvalue weighted by Crippen LogP contribution is -2.30. The maximum atomic E-state index is 13.1. The monoisotopic (exact) mass is 239 g/mol. The van der Waals surface area contributed by atoms with Gasteiger partial charge < -0.3 is 10.4 Å². The van der Waals surface area contributed by atoms with Crippen LogP contribution in [0, 0.1) is 5.82 Å². The van der Waals surface area contributed by atoms with Crippen LogP contribution in [0.3, 0.4) is 0 Å². The molecule has 0 fully saturated rings. The molecule has 2 N–H and O–H groups in total. The highest BCUT2D eigenvalue weighted by Crippen LogP contribution is 2.17. The summed E-state index contributed by atoms with van der Waals surface area (Å²) in [7, 11) is 0. The largest absolute Gasteiger partial charge is 0.392 e. The van der Waals surface area contributed by atoms with E-state index >= 15 is 0 Å². The Balaban J connectivity index is 2.54. The van der Waals surface area contributed by atoms with Crippen LogP contribution in [0.1, 0.15) is 44.7 Å². The second-order valence-corrected chi connectivity index (χ2v) is 4.37. The summed E-state index contributed by atoms with van der Waals surface area (Å²) in [5.74, 6) is -0.211. The number of hydrogen-bond acceptors (Lipinski definition) is 2. The predicted octanol–water partition coefficient (Wildman–Crippen LogP) is 3.03. The Morgan fingerprint density at radius 1 is 1.35 bits per heavy atom. The summed E-state index contributed by atoms with van der Waals surface area (Å²) in [4.78, 5) is 0. The van der Waals surface area contributed by atoms with Gasteiger partial charge in [0.1, 0.15) is 5.82 Å². The quantitative estimate of drug-likeness (QED) is 0.766. The molecule has 0 spiro atoms. The Labute approximate surface area is 103 Å². The van der Waals surface area contributed by atoms with Crippen LogP contribution < -0.4 is 5.32 Å². The van der Waals surface area contributed by atoms with Crippen molar-refractivity contribution in [2.45, 2.75) is 45.3 Å². The molecule has 1 aromatic rings. The highest BCUT2D eigenvalue weighted by Gasteiger charge is 2.11. The van der Waals surface area contributed by atoms with Crippen molar-refractivity contribution in [2.75, 3.05) is 6.54 Å². The van der Waals surface area contributed by atoms with Gasteiger partial charge in [-0.2, -0.15) is 0 Å². The summed E-state index contributed by atoms with van der Waals surface area (Å²) >= 11 is 0. The third kappa shape index (κ3) is 4.84. The van der Waals surface area contributed by atoms with E-state index in [0.29, 0.717) is 6.54 Å². The lowest BCUT2D eigenvalue weighted by molar-refractivity contribution is 0.156. The number of nitrogens with one attached hydrogen (secondary N) is 1. The minimum absolute atomic E-state index is 0.109. The van der Waals surface area contributed by atoms with Crippen molar-refractivity contribution in [1.29, 1.82) is 0 Å². The lowest BCUT2D eigenvalue weighted by Gasteiger charge is -2.19. The Morgan fingerprint density at radius 3 is 2.71 bits per heavy atom. The van der Waals surface area contributed by atoms with Crippen LogP contribution in [-0.4, -0.2) is 17.8 Å². The van der Waals surface area contributed by atoms with E-state index in [0.717, 1.165) is 24.8 Å². The third-order valence-electron chi connectivity index (χ3n) is 2.88. The lowest BCUT2D eigenvalue weighted by atomic mass is 10.0. The zero-order valence-corrected chi connectivity index (χ0v) is 10.6. The van der Waals surface area contributed by atoms with E-state index in [1.165, 1.54) is 6.07 Å². The van der Waals surface area contributed by atoms with E-state index in [2.05, 4.69) is 12.2 Å². The molecule has 2 unspecified atom stereocenters. The zero-order valence-electron chi connectivity index (χ0n) is 10.6. The Kier molecular flexibility index (Phi) is 6.16. The van der Waals surface area contributed by atoms with Crippen molar-refractivity contribution >= 4 is 0 Å².